The minimum absolute atomic E-state index is 0.0366. The second kappa shape index (κ2) is 6.44. The highest BCUT2D eigenvalue weighted by Crippen LogP contribution is 2.29. The van der Waals surface area contributed by atoms with Gasteiger partial charge in [0.05, 0.1) is 11.0 Å². The molecule has 0 unspecified atom stereocenters. The summed E-state index contributed by atoms with van der Waals surface area (Å²) in [5.41, 5.74) is 1.80. The van der Waals surface area contributed by atoms with E-state index >= 15 is 0 Å². The number of halogens is 1. The van der Waals surface area contributed by atoms with E-state index in [9.17, 15) is 14.0 Å². The van der Waals surface area contributed by atoms with Gasteiger partial charge in [-0.25, -0.2) is 9.18 Å². The highest BCUT2D eigenvalue weighted by molar-refractivity contribution is 5.81. The summed E-state index contributed by atoms with van der Waals surface area (Å²) in [4.78, 5) is 27.2. The van der Waals surface area contributed by atoms with Gasteiger partial charge in [0.15, 0.2) is 0 Å². The highest BCUT2D eigenvalue weighted by atomic mass is 19.1. The molecule has 2 aromatic carbocycles. The molecule has 6 heteroatoms. The topological polar surface area (TPSA) is 47.2 Å². The summed E-state index contributed by atoms with van der Waals surface area (Å²) in [5.74, 6) is -0.470. The maximum absolute atomic E-state index is 14.0. The number of aromatic nitrogens is 2. The molecule has 0 aliphatic heterocycles. The van der Waals surface area contributed by atoms with E-state index in [2.05, 4.69) is 0 Å². The molecule has 1 amide bonds. The van der Waals surface area contributed by atoms with Crippen LogP contribution in [0.4, 0.5) is 4.39 Å². The summed E-state index contributed by atoms with van der Waals surface area (Å²) in [6.07, 6.45) is 1.84. The van der Waals surface area contributed by atoms with Gasteiger partial charge < -0.3 is 4.90 Å². The zero-order chi connectivity index (χ0) is 18.3. The van der Waals surface area contributed by atoms with Crippen molar-refractivity contribution in [2.45, 2.75) is 32.0 Å². The fraction of sp³-hybridized carbons (Fsp3) is 0.300. The first-order valence-electron chi connectivity index (χ1n) is 8.73. The number of fused-ring (bicyclic) bond motifs is 1. The van der Waals surface area contributed by atoms with E-state index in [4.69, 9.17) is 0 Å². The van der Waals surface area contributed by atoms with Crippen molar-refractivity contribution in [2.24, 2.45) is 7.05 Å². The summed E-state index contributed by atoms with van der Waals surface area (Å²) in [6.45, 7) is 0.195. The minimum atomic E-state index is -0.312. The van der Waals surface area contributed by atoms with Gasteiger partial charge in [0.2, 0.25) is 5.91 Å². The Bertz CT molecular complexity index is 1030. The first kappa shape index (κ1) is 16.6. The molecule has 26 heavy (non-hydrogen) atoms. The molecule has 0 atom stereocenters. The van der Waals surface area contributed by atoms with Crippen molar-refractivity contribution < 1.29 is 9.18 Å². The highest BCUT2D eigenvalue weighted by Gasteiger charge is 2.33. The first-order valence-corrected chi connectivity index (χ1v) is 8.73. The molecule has 0 saturated heterocycles. The standard InChI is InChI=1S/C20H20FN3O2/c1-22-17-8-4-5-9-18(17)24(20(22)26)13-19(25)23(15-10-11-15)12-14-6-2-3-7-16(14)21/h2-9,15H,10-13H2,1H3. The number of hydrogen-bond donors (Lipinski definition) is 0. The molecule has 1 heterocycles. The van der Waals surface area contributed by atoms with E-state index in [1.165, 1.54) is 10.6 Å². The van der Waals surface area contributed by atoms with Crippen LogP contribution in [0.25, 0.3) is 11.0 Å². The predicted molar refractivity (Wildman–Crippen MR) is 97.2 cm³/mol. The number of nitrogens with zero attached hydrogens (tertiary/aromatic N) is 3. The smallest absolute Gasteiger partial charge is 0.329 e. The van der Waals surface area contributed by atoms with Gasteiger partial charge in [0, 0.05) is 25.2 Å². The molecule has 1 fully saturated rings. The molecule has 1 aliphatic rings. The van der Waals surface area contributed by atoms with E-state index in [1.54, 1.807) is 34.7 Å². The Morgan fingerprint density at radius 3 is 2.46 bits per heavy atom. The number of carbonyl (C=O) groups is 1. The van der Waals surface area contributed by atoms with Gasteiger partial charge in [0.25, 0.3) is 0 Å². The van der Waals surface area contributed by atoms with Crippen LogP contribution < -0.4 is 5.69 Å². The van der Waals surface area contributed by atoms with Crippen LogP contribution in [-0.2, 0) is 24.9 Å². The largest absolute Gasteiger partial charge is 0.334 e. The number of amides is 1. The van der Waals surface area contributed by atoms with E-state index in [1.807, 2.05) is 24.3 Å². The number of carbonyl (C=O) groups excluding carboxylic acids is 1. The summed E-state index contributed by atoms with van der Waals surface area (Å²) in [5, 5.41) is 0. The Hall–Kier alpha value is -2.89. The molecule has 134 valence electrons. The van der Waals surface area contributed by atoms with Crippen molar-refractivity contribution in [3.05, 3.63) is 70.4 Å². The lowest BCUT2D eigenvalue weighted by molar-refractivity contribution is -0.133. The Morgan fingerprint density at radius 2 is 1.77 bits per heavy atom. The number of aryl methyl sites for hydroxylation is 1. The molecule has 0 radical (unpaired) electrons. The first-order chi connectivity index (χ1) is 12.6. The molecular weight excluding hydrogens is 333 g/mol. The fourth-order valence-corrected chi connectivity index (χ4v) is 3.36. The number of para-hydroxylation sites is 2. The van der Waals surface area contributed by atoms with Crippen LogP contribution in [0, 0.1) is 5.82 Å². The van der Waals surface area contributed by atoms with Crippen molar-refractivity contribution in [2.75, 3.05) is 0 Å². The Balaban J connectivity index is 1.63. The van der Waals surface area contributed by atoms with E-state index in [0.29, 0.717) is 5.56 Å². The molecule has 1 aliphatic carbocycles. The molecule has 0 N–H and O–H groups in total. The minimum Gasteiger partial charge on any atom is -0.334 e. The lowest BCUT2D eigenvalue weighted by Crippen LogP contribution is -2.37. The lowest BCUT2D eigenvalue weighted by Gasteiger charge is -2.23. The van der Waals surface area contributed by atoms with Gasteiger partial charge in [-0.05, 0) is 31.0 Å². The van der Waals surface area contributed by atoms with Crippen LogP contribution in [0.1, 0.15) is 18.4 Å². The zero-order valence-corrected chi connectivity index (χ0v) is 14.6. The molecule has 4 rings (SSSR count). The second-order valence-corrected chi connectivity index (χ2v) is 6.76. The lowest BCUT2D eigenvalue weighted by atomic mass is 10.2. The maximum Gasteiger partial charge on any atom is 0.329 e. The third-order valence-electron chi connectivity index (χ3n) is 4.95. The van der Waals surface area contributed by atoms with Crippen LogP contribution in [0.5, 0.6) is 0 Å². The van der Waals surface area contributed by atoms with Crippen LogP contribution in [-0.4, -0.2) is 26.0 Å². The van der Waals surface area contributed by atoms with Crippen molar-refractivity contribution >= 4 is 16.9 Å². The molecule has 1 saturated carbocycles. The van der Waals surface area contributed by atoms with Crippen molar-refractivity contribution in [3.8, 4) is 0 Å². The third-order valence-corrected chi connectivity index (χ3v) is 4.95. The Kier molecular flexibility index (Phi) is 4.11. The number of imidazole rings is 1. The summed E-state index contributed by atoms with van der Waals surface area (Å²) in [6, 6.07) is 14.0. The monoisotopic (exact) mass is 353 g/mol. The molecule has 3 aromatic rings. The summed E-state index contributed by atoms with van der Waals surface area (Å²) < 4.78 is 17.0. The normalized spacial score (nSPS) is 13.9. The van der Waals surface area contributed by atoms with Gasteiger partial charge in [-0.1, -0.05) is 30.3 Å². The van der Waals surface area contributed by atoms with Crippen LogP contribution in [0.3, 0.4) is 0 Å². The maximum atomic E-state index is 14.0. The van der Waals surface area contributed by atoms with Crippen LogP contribution in [0.15, 0.2) is 53.3 Å². The van der Waals surface area contributed by atoms with Crippen LogP contribution >= 0.6 is 0 Å². The number of hydrogen-bond acceptors (Lipinski definition) is 2. The number of rotatable bonds is 5. The van der Waals surface area contributed by atoms with E-state index in [0.717, 1.165) is 23.9 Å². The third kappa shape index (κ3) is 2.92. The summed E-state index contributed by atoms with van der Waals surface area (Å²) in [7, 11) is 1.70. The van der Waals surface area contributed by atoms with Gasteiger partial charge in [-0.3, -0.25) is 13.9 Å². The molecule has 5 nitrogen and oxygen atoms in total. The quantitative estimate of drug-likeness (QED) is 0.708. The van der Waals surface area contributed by atoms with E-state index < -0.39 is 0 Å². The number of benzene rings is 2. The molecular formula is C20H20FN3O2. The van der Waals surface area contributed by atoms with Crippen molar-refractivity contribution in [1.29, 1.82) is 0 Å². The van der Waals surface area contributed by atoms with Gasteiger partial charge in [0.1, 0.15) is 12.4 Å². The SMILES string of the molecule is Cn1c(=O)n(CC(=O)N(Cc2ccccc2F)C2CC2)c2ccccc21. The molecule has 0 bridgehead atoms. The average molecular weight is 353 g/mol. The molecule has 1 aromatic heterocycles. The Labute approximate surface area is 150 Å². The molecule has 0 spiro atoms. The van der Waals surface area contributed by atoms with Gasteiger partial charge in [-0.2, -0.15) is 0 Å². The predicted octanol–water partition coefficient (Wildman–Crippen LogP) is 2.67. The van der Waals surface area contributed by atoms with Crippen LogP contribution in [0.2, 0.25) is 0 Å². The van der Waals surface area contributed by atoms with E-state index in [-0.39, 0.29) is 36.5 Å². The zero-order valence-electron chi connectivity index (χ0n) is 14.6. The second-order valence-electron chi connectivity index (χ2n) is 6.76. The van der Waals surface area contributed by atoms with Crippen molar-refractivity contribution in [1.82, 2.24) is 14.0 Å². The Morgan fingerprint density at radius 1 is 1.12 bits per heavy atom. The summed E-state index contributed by atoms with van der Waals surface area (Å²) >= 11 is 0. The van der Waals surface area contributed by atoms with Gasteiger partial charge in [-0.15, -0.1) is 0 Å². The van der Waals surface area contributed by atoms with Gasteiger partial charge >= 0.3 is 5.69 Å². The van der Waals surface area contributed by atoms with Crippen molar-refractivity contribution in [3.63, 3.8) is 0 Å². The fourth-order valence-electron chi connectivity index (χ4n) is 3.36. The average Bonchev–Trinajstić information content (AvgIpc) is 3.46.